The average molecular weight is 325 g/mol. The van der Waals surface area contributed by atoms with Gasteiger partial charge in [0.25, 0.3) is 0 Å². The molecule has 2 N–H and O–H groups in total. The molecule has 5 heteroatoms. The van der Waals surface area contributed by atoms with Crippen molar-refractivity contribution < 1.29 is 9.53 Å². The van der Waals surface area contributed by atoms with Gasteiger partial charge in [0, 0.05) is 30.1 Å². The SMILES string of the molecule is Cc1ccc(C2CN(C(=O)OC(C)(C)C)CCC2N)cc1Cl. The molecule has 1 fully saturated rings. The number of aryl methyl sites for hydroxylation is 1. The van der Waals surface area contributed by atoms with E-state index in [4.69, 9.17) is 22.1 Å². The number of piperidine rings is 1. The fourth-order valence-electron chi connectivity index (χ4n) is 2.65. The van der Waals surface area contributed by atoms with Crippen LogP contribution in [0.3, 0.4) is 0 Å². The van der Waals surface area contributed by atoms with Gasteiger partial charge in [-0.15, -0.1) is 0 Å². The summed E-state index contributed by atoms with van der Waals surface area (Å²) < 4.78 is 5.46. The molecule has 2 atom stereocenters. The molecule has 2 rings (SSSR count). The Labute approximate surface area is 137 Å². The van der Waals surface area contributed by atoms with Gasteiger partial charge in [-0.3, -0.25) is 0 Å². The molecule has 1 aromatic rings. The number of halogens is 1. The first-order chi connectivity index (χ1) is 10.2. The van der Waals surface area contributed by atoms with Crippen molar-refractivity contribution in [2.75, 3.05) is 13.1 Å². The number of carbonyl (C=O) groups is 1. The van der Waals surface area contributed by atoms with Crippen LogP contribution in [-0.4, -0.2) is 35.7 Å². The highest BCUT2D eigenvalue weighted by molar-refractivity contribution is 6.31. The van der Waals surface area contributed by atoms with Gasteiger partial charge in [-0.25, -0.2) is 4.79 Å². The number of rotatable bonds is 1. The van der Waals surface area contributed by atoms with Gasteiger partial charge in [-0.2, -0.15) is 0 Å². The largest absolute Gasteiger partial charge is 0.444 e. The average Bonchev–Trinajstić information content (AvgIpc) is 2.40. The van der Waals surface area contributed by atoms with E-state index in [-0.39, 0.29) is 18.1 Å². The molecule has 4 nitrogen and oxygen atoms in total. The zero-order chi connectivity index (χ0) is 16.5. The molecule has 0 bridgehead atoms. The fraction of sp³-hybridized carbons (Fsp3) is 0.588. The Balaban J connectivity index is 2.14. The molecule has 22 heavy (non-hydrogen) atoms. The third-order valence-corrected chi connectivity index (χ3v) is 4.35. The van der Waals surface area contributed by atoms with Gasteiger partial charge in [0.1, 0.15) is 5.60 Å². The Morgan fingerprint density at radius 3 is 2.68 bits per heavy atom. The van der Waals surface area contributed by atoms with E-state index in [9.17, 15) is 4.79 Å². The molecule has 1 amide bonds. The normalized spacial score (nSPS) is 22.5. The summed E-state index contributed by atoms with van der Waals surface area (Å²) in [6.07, 6.45) is 0.484. The number of likely N-dealkylation sites (tertiary alicyclic amines) is 1. The van der Waals surface area contributed by atoms with Gasteiger partial charge < -0.3 is 15.4 Å². The van der Waals surface area contributed by atoms with Gasteiger partial charge in [0.15, 0.2) is 0 Å². The van der Waals surface area contributed by atoms with Crippen molar-refractivity contribution in [1.29, 1.82) is 0 Å². The summed E-state index contributed by atoms with van der Waals surface area (Å²) in [7, 11) is 0. The second-order valence-electron chi connectivity index (χ2n) is 6.99. The highest BCUT2D eigenvalue weighted by Crippen LogP contribution is 2.30. The van der Waals surface area contributed by atoms with Crippen LogP contribution < -0.4 is 5.73 Å². The number of amides is 1. The molecule has 0 saturated carbocycles. The number of ether oxygens (including phenoxy) is 1. The van der Waals surface area contributed by atoms with E-state index < -0.39 is 5.60 Å². The number of nitrogens with zero attached hydrogens (tertiary/aromatic N) is 1. The monoisotopic (exact) mass is 324 g/mol. The molecule has 1 saturated heterocycles. The van der Waals surface area contributed by atoms with Crippen molar-refractivity contribution in [1.82, 2.24) is 4.90 Å². The first kappa shape index (κ1) is 17.1. The van der Waals surface area contributed by atoms with E-state index in [1.54, 1.807) is 4.90 Å². The van der Waals surface area contributed by atoms with Crippen LogP contribution in [0.25, 0.3) is 0 Å². The third-order valence-electron chi connectivity index (χ3n) is 3.94. The minimum Gasteiger partial charge on any atom is -0.444 e. The first-order valence-corrected chi connectivity index (χ1v) is 8.05. The van der Waals surface area contributed by atoms with Gasteiger partial charge >= 0.3 is 6.09 Å². The zero-order valence-corrected chi connectivity index (χ0v) is 14.5. The van der Waals surface area contributed by atoms with Gasteiger partial charge in [-0.05, 0) is 51.3 Å². The highest BCUT2D eigenvalue weighted by Gasteiger charge is 2.32. The molecule has 1 aromatic carbocycles. The highest BCUT2D eigenvalue weighted by atomic mass is 35.5. The Hall–Kier alpha value is -1.26. The molecule has 0 radical (unpaired) electrons. The lowest BCUT2D eigenvalue weighted by Crippen LogP contribution is -2.49. The summed E-state index contributed by atoms with van der Waals surface area (Å²) in [6.45, 7) is 8.79. The topological polar surface area (TPSA) is 55.6 Å². The van der Waals surface area contributed by atoms with E-state index in [1.165, 1.54) is 0 Å². The van der Waals surface area contributed by atoms with Gasteiger partial charge in [0.05, 0.1) is 0 Å². The maximum atomic E-state index is 12.3. The number of nitrogens with two attached hydrogens (primary N) is 1. The summed E-state index contributed by atoms with van der Waals surface area (Å²) in [4.78, 5) is 14.0. The Bertz CT molecular complexity index is 554. The molecular weight excluding hydrogens is 300 g/mol. The van der Waals surface area contributed by atoms with Crippen LogP contribution in [0.2, 0.25) is 5.02 Å². The van der Waals surface area contributed by atoms with Crippen molar-refractivity contribution in [3.8, 4) is 0 Å². The maximum Gasteiger partial charge on any atom is 0.410 e. The molecule has 1 aliphatic rings. The predicted molar refractivity (Wildman–Crippen MR) is 89.3 cm³/mol. The lowest BCUT2D eigenvalue weighted by atomic mass is 9.86. The standard InChI is InChI=1S/C17H25ClN2O2/c1-11-5-6-12(9-14(11)18)13-10-20(8-7-15(13)19)16(21)22-17(2,3)4/h5-6,9,13,15H,7-8,10,19H2,1-4H3. The van der Waals surface area contributed by atoms with Crippen LogP contribution in [0, 0.1) is 6.92 Å². The van der Waals surface area contributed by atoms with Gasteiger partial charge in [-0.1, -0.05) is 23.7 Å². The summed E-state index contributed by atoms with van der Waals surface area (Å²) in [5.74, 6) is 0.0827. The van der Waals surface area contributed by atoms with E-state index >= 15 is 0 Å². The van der Waals surface area contributed by atoms with Crippen molar-refractivity contribution in [3.05, 3.63) is 34.3 Å². The minimum atomic E-state index is -0.487. The lowest BCUT2D eigenvalue weighted by molar-refractivity contribution is 0.0186. The van der Waals surface area contributed by atoms with E-state index in [1.807, 2.05) is 45.9 Å². The van der Waals surface area contributed by atoms with Crippen LogP contribution in [0.15, 0.2) is 18.2 Å². The molecule has 1 heterocycles. The molecule has 0 spiro atoms. The first-order valence-electron chi connectivity index (χ1n) is 7.67. The number of hydrogen-bond acceptors (Lipinski definition) is 3. The van der Waals surface area contributed by atoms with E-state index in [2.05, 4.69) is 0 Å². The fourth-order valence-corrected chi connectivity index (χ4v) is 2.84. The second kappa shape index (κ2) is 6.47. The quantitative estimate of drug-likeness (QED) is 0.857. The molecule has 2 unspecified atom stereocenters. The van der Waals surface area contributed by atoms with Crippen molar-refractivity contribution in [3.63, 3.8) is 0 Å². The summed E-state index contributed by atoms with van der Waals surface area (Å²) >= 11 is 6.22. The molecule has 0 aliphatic carbocycles. The summed E-state index contributed by atoms with van der Waals surface area (Å²) in [5.41, 5.74) is 7.90. The third kappa shape index (κ3) is 4.14. The molecular formula is C17H25ClN2O2. The van der Waals surface area contributed by atoms with E-state index in [0.29, 0.717) is 13.1 Å². The van der Waals surface area contributed by atoms with Crippen LogP contribution in [0.5, 0.6) is 0 Å². The molecule has 122 valence electrons. The maximum absolute atomic E-state index is 12.3. The lowest BCUT2D eigenvalue weighted by Gasteiger charge is -2.37. The van der Waals surface area contributed by atoms with Gasteiger partial charge in [0.2, 0.25) is 0 Å². The van der Waals surface area contributed by atoms with Crippen LogP contribution >= 0.6 is 11.6 Å². The van der Waals surface area contributed by atoms with Crippen molar-refractivity contribution in [2.45, 2.75) is 51.7 Å². The van der Waals surface area contributed by atoms with E-state index in [0.717, 1.165) is 22.6 Å². The Morgan fingerprint density at radius 1 is 1.41 bits per heavy atom. The minimum absolute atomic E-state index is 0.0254. The number of benzene rings is 1. The second-order valence-corrected chi connectivity index (χ2v) is 7.40. The van der Waals surface area contributed by atoms with Crippen LogP contribution in [0.4, 0.5) is 4.79 Å². The number of hydrogen-bond donors (Lipinski definition) is 1. The predicted octanol–water partition coefficient (Wildman–Crippen LogP) is 3.70. The molecule has 0 aromatic heterocycles. The molecule has 1 aliphatic heterocycles. The Morgan fingerprint density at radius 2 is 2.09 bits per heavy atom. The smallest absolute Gasteiger partial charge is 0.410 e. The van der Waals surface area contributed by atoms with Crippen molar-refractivity contribution in [2.24, 2.45) is 5.73 Å². The summed E-state index contributed by atoms with van der Waals surface area (Å²) in [6, 6.07) is 6.03. The van der Waals surface area contributed by atoms with Crippen LogP contribution in [0.1, 0.15) is 44.2 Å². The number of carbonyl (C=O) groups excluding carboxylic acids is 1. The summed E-state index contributed by atoms with van der Waals surface area (Å²) in [5, 5.41) is 0.735. The van der Waals surface area contributed by atoms with Crippen molar-refractivity contribution >= 4 is 17.7 Å². The Kier molecular flexibility index (Phi) is 5.03. The zero-order valence-electron chi connectivity index (χ0n) is 13.7. The van der Waals surface area contributed by atoms with Crippen LogP contribution in [-0.2, 0) is 4.74 Å².